The van der Waals surface area contributed by atoms with Crippen LogP contribution in [0, 0.1) is 5.41 Å². The lowest BCUT2D eigenvalue weighted by molar-refractivity contribution is -0.148. The third-order valence-electron chi connectivity index (χ3n) is 3.73. The topological polar surface area (TPSA) is 69.6 Å². The first kappa shape index (κ1) is 15.0. The monoisotopic (exact) mass is 256 g/mol. The number of carboxylic acids is 1. The smallest absolute Gasteiger partial charge is 0.311 e. The minimum absolute atomic E-state index is 0.0553. The molecule has 0 radical (unpaired) electrons. The Balaban J connectivity index is 2.46. The molecule has 1 heterocycles. The average molecular weight is 256 g/mol. The molecule has 2 N–H and O–H groups in total. The molecule has 5 nitrogen and oxygen atoms in total. The molecule has 0 spiro atoms. The van der Waals surface area contributed by atoms with Crippen LogP contribution in [-0.4, -0.2) is 47.6 Å². The van der Waals surface area contributed by atoms with E-state index in [-0.39, 0.29) is 5.91 Å². The van der Waals surface area contributed by atoms with Gasteiger partial charge in [-0.1, -0.05) is 20.8 Å². The maximum Gasteiger partial charge on any atom is 0.311 e. The summed E-state index contributed by atoms with van der Waals surface area (Å²) in [7, 11) is 0. The van der Waals surface area contributed by atoms with Gasteiger partial charge in [0.05, 0.1) is 5.41 Å². The predicted octanol–water partition coefficient (Wildman–Crippen LogP) is 1.09. The number of amides is 1. The van der Waals surface area contributed by atoms with E-state index in [4.69, 9.17) is 0 Å². The lowest BCUT2D eigenvalue weighted by atomic mass is 9.84. The molecular weight excluding hydrogens is 232 g/mol. The fraction of sp³-hybridized carbons (Fsp3) is 0.846. The van der Waals surface area contributed by atoms with E-state index in [2.05, 4.69) is 5.32 Å². The maximum atomic E-state index is 11.9. The summed E-state index contributed by atoms with van der Waals surface area (Å²) in [5, 5.41) is 12.5. The van der Waals surface area contributed by atoms with Gasteiger partial charge in [-0.05, 0) is 12.8 Å². The van der Waals surface area contributed by atoms with E-state index < -0.39 is 11.4 Å². The Morgan fingerprint density at radius 3 is 2.56 bits per heavy atom. The van der Waals surface area contributed by atoms with Gasteiger partial charge in [-0.25, -0.2) is 0 Å². The number of nitrogens with one attached hydrogen (secondary N) is 1. The molecule has 0 aromatic heterocycles. The lowest BCUT2D eigenvalue weighted by Gasteiger charge is -2.23. The van der Waals surface area contributed by atoms with Crippen molar-refractivity contribution >= 4 is 11.9 Å². The van der Waals surface area contributed by atoms with Crippen molar-refractivity contribution < 1.29 is 14.7 Å². The Morgan fingerprint density at radius 2 is 2.11 bits per heavy atom. The van der Waals surface area contributed by atoms with Gasteiger partial charge in [0.15, 0.2) is 0 Å². The summed E-state index contributed by atoms with van der Waals surface area (Å²) < 4.78 is 0. The largest absolute Gasteiger partial charge is 0.481 e. The normalized spacial score (nSPS) is 23.7. The summed E-state index contributed by atoms with van der Waals surface area (Å²) in [6, 6.07) is 0.366. The molecule has 1 aliphatic rings. The van der Waals surface area contributed by atoms with Gasteiger partial charge >= 0.3 is 5.97 Å². The minimum atomic E-state index is -0.777. The zero-order valence-corrected chi connectivity index (χ0v) is 11.5. The molecule has 1 saturated heterocycles. The molecule has 0 aromatic carbocycles. The Bertz CT molecular complexity index is 317. The van der Waals surface area contributed by atoms with Crippen molar-refractivity contribution in [1.82, 2.24) is 10.2 Å². The molecule has 1 aliphatic heterocycles. The summed E-state index contributed by atoms with van der Waals surface area (Å²) in [6.07, 6.45) is 1.59. The number of carboxylic acid groups (broad SMARTS) is 1. The minimum Gasteiger partial charge on any atom is -0.481 e. The highest BCUT2D eigenvalue weighted by atomic mass is 16.4. The van der Waals surface area contributed by atoms with E-state index in [1.165, 1.54) is 0 Å². The molecule has 1 unspecified atom stereocenters. The molecule has 1 atom stereocenters. The van der Waals surface area contributed by atoms with Crippen LogP contribution in [0.1, 0.15) is 40.0 Å². The highest BCUT2D eigenvalue weighted by molar-refractivity contribution is 5.80. The van der Waals surface area contributed by atoms with Crippen LogP contribution in [0.3, 0.4) is 0 Å². The Kier molecular flexibility index (Phi) is 5.14. The molecule has 1 amide bonds. The highest BCUT2D eigenvalue weighted by Crippen LogP contribution is 2.34. The van der Waals surface area contributed by atoms with Crippen LogP contribution in [0.15, 0.2) is 0 Å². The van der Waals surface area contributed by atoms with Gasteiger partial charge in [-0.2, -0.15) is 0 Å². The Hall–Kier alpha value is -1.10. The van der Waals surface area contributed by atoms with E-state index in [1.54, 1.807) is 4.90 Å². The lowest BCUT2D eigenvalue weighted by Crippen LogP contribution is -2.37. The van der Waals surface area contributed by atoms with Gasteiger partial charge in [0.25, 0.3) is 0 Å². The third-order valence-corrected chi connectivity index (χ3v) is 3.73. The summed E-state index contributed by atoms with van der Waals surface area (Å²) in [5.74, 6) is -0.722. The molecule has 1 rings (SSSR count). The summed E-state index contributed by atoms with van der Waals surface area (Å²) in [4.78, 5) is 24.9. The van der Waals surface area contributed by atoms with Crippen molar-refractivity contribution in [2.75, 3.05) is 19.6 Å². The van der Waals surface area contributed by atoms with Crippen molar-refractivity contribution in [1.29, 1.82) is 0 Å². The van der Waals surface area contributed by atoms with Crippen molar-refractivity contribution in [3.05, 3.63) is 0 Å². The fourth-order valence-electron chi connectivity index (χ4n) is 2.33. The molecule has 0 aliphatic carbocycles. The number of rotatable bonds is 6. The third kappa shape index (κ3) is 3.45. The summed E-state index contributed by atoms with van der Waals surface area (Å²) in [6.45, 7) is 7.53. The number of carbonyl (C=O) groups is 2. The van der Waals surface area contributed by atoms with Crippen LogP contribution in [0.4, 0.5) is 0 Å². The second-order valence-electron chi connectivity index (χ2n) is 5.36. The first-order chi connectivity index (χ1) is 8.41. The molecule has 0 aromatic rings. The molecule has 18 heavy (non-hydrogen) atoms. The van der Waals surface area contributed by atoms with Crippen LogP contribution < -0.4 is 5.32 Å². The van der Waals surface area contributed by atoms with E-state index in [9.17, 15) is 14.7 Å². The van der Waals surface area contributed by atoms with E-state index in [0.717, 1.165) is 0 Å². The van der Waals surface area contributed by atoms with Crippen molar-refractivity contribution in [3.8, 4) is 0 Å². The number of hydrogen-bond acceptors (Lipinski definition) is 3. The second kappa shape index (κ2) is 6.18. The highest BCUT2D eigenvalue weighted by Gasteiger charge is 2.44. The molecule has 1 fully saturated rings. The molecule has 0 bridgehead atoms. The molecule has 5 heteroatoms. The van der Waals surface area contributed by atoms with Crippen LogP contribution in [0.25, 0.3) is 0 Å². The van der Waals surface area contributed by atoms with Crippen molar-refractivity contribution in [2.24, 2.45) is 5.41 Å². The summed E-state index contributed by atoms with van der Waals surface area (Å²) in [5.41, 5.74) is -0.721. The number of aliphatic carboxylic acids is 1. The van der Waals surface area contributed by atoms with Crippen LogP contribution in [0.5, 0.6) is 0 Å². The van der Waals surface area contributed by atoms with Crippen LogP contribution in [-0.2, 0) is 9.59 Å². The zero-order chi connectivity index (χ0) is 13.8. The van der Waals surface area contributed by atoms with Gasteiger partial charge in [0, 0.05) is 32.1 Å². The van der Waals surface area contributed by atoms with E-state index >= 15 is 0 Å². The molecular formula is C13H24N2O3. The number of likely N-dealkylation sites (tertiary alicyclic amines) is 1. The summed E-state index contributed by atoms with van der Waals surface area (Å²) >= 11 is 0. The van der Waals surface area contributed by atoms with Gasteiger partial charge in [0.2, 0.25) is 5.91 Å². The van der Waals surface area contributed by atoms with Gasteiger partial charge in [0.1, 0.15) is 0 Å². The fourth-order valence-corrected chi connectivity index (χ4v) is 2.33. The quantitative estimate of drug-likeness (QED) is 0.746. The maximum absolute atomic E-state index is 11.9. The van der Waals surface area contributed by atoms with Gasteiger partial charge < -0.3 is 15.3 Å². The Morgan fingerprint density at radius 1 is 1.44 bits per heavy atom. The zero-order valence-electron chi connectivity index (χ0n) is 11.5. The standard InChI is InChI=1S/C13H24N2O3/c1-4-13(12(17)18)6-8-15(9-13)11(16)5-7-14-10(2)3/h10,14H,4-9H2,1-3H3,(H,17,18). The van der Waals surface area contributed by atoms with Crippen molar-refractivity contribution in [2.45, 2.75) is 46.1 Å². The number of carbonyl (C=O) groups excluding carboxylic acids is 1. The SMILES string of the molecule is CCC1(C(=O)O)CCN(C(=O)CCNC(C)C)C1. The first-order valence-corrected chi connectivity index (χ1v) is 6.66. The average Bonchev–Trinajstić information content (AvgIpc) is 2.74. The van der Waals surface area contributed by atoms with E-state index in [1.807, 2.05) is 20.8 Å². The Labute approximate surface area is 109 Å². The molecule has 0 saturated carbocycles. The molecule has 104 valence electrons. The van der Waals surface area contributed by atoms with Crippen LogP contribution in [0.2, 0.25) is 0 Å². The first-order valence-electron chi connectivity index (χ1n) is 6.66. The van der Waals surface area contributed by atoms with Crippen LogP contribution >= 0.6 is 0 Å². The second-order valence-corrected chi connectivity index (χ2v) is 5.36. The van der Waals surface area contributed by atoms with Gasteiger partial charge in [-0.3, -0.25) is 9.59 Å². The van der Waals surface area contributed by atoms with Gasteiger partial charge in [-0.15, -0.1) is 0 Å². The van der Waals surface area contributed by atoms with E-state index in [0.29, 0.717) is 44.9 Å². The predicted molar refractivity (Wildman–Crippen MR) is 69.3 cm³/mol. The van der Waals surface area contributed by atoms with Crippen molar-refractivity contribution in [3.63, 3.8) is 0 Å². The number of nitrogens with zero attached hydrogens (tertiary/aromatic N) is 1. The number of hydrogen-bond donors (Lipinski definition) is 2.